The van der Waals surface area contributed by atoms with Crippen LogP contribution in [0.2, 0.25) is 0 Å². The average Bonchev–Trinajstić information content (AvgIpc) is 2.71. The minimum Gasteiger partial charge on any atom is -0.393 e. The van der Waals surface area contributed by atoms with Crippen LogP contribution in [-0.4, -0.2) is 32.5 Å². The molecule has 3 N–H and O–H groups in total. The number of nitrogen functional groups attached to an aromatic ring is 1. The third-order valence-corrected chi connectivity index (χ3v) is 4.07. The summed E-state index contributed by atoms with van der Waals surface area (Å²) in [6, 6.07) is 0. The van der Waals surface area contributed by atoms with Gasteiger partial charge in [0.15, 0.2) is 0 Å². The number of nitrogens with zero attached hydrogens (tertiary/aromatic N) is 2. The number of hydrogen-bond acceptors (Lipinski definition) is 6. The van der Waals surface area contributed by atoms with Gasteiger partial charge in [-0.25, -0.2) is 4.79 Å². The van der Waals surface area contributed by atoms with Crippen LogP contribution in [0.4, 0.5) is 5.82 Å². The lowest BCUT2D eigenvalue weighted by atomic mass is 10.5. The highest BCUT2D eigenvalue weighted by Gasteiger charge is 2.27. The van der Waals surface area contributed by atoms with Gasteiger partial charge in [-0.3, -0.25) is 4.57 Å². The molecule has 0 spiro atoms. The summed E-state index contributed by atoms with van der Waals surface area (Å²) >= 11 is 3.48. The standard InChI is InChI=1S/C8H10IN3O3S/c9-4-1-12(8(14)11-7(4)10)5-3-16-6(2-13)15-5/h1,5-6,13H,2-3H2,(H2,10,11,14)/t5-,6+/m1/s1. The summed E-state index contributed by atoms with van der Waals surface area (Å²) in [6.45, 7) is -0.0601. The molecule has 0 aliphatic carbocycles. The highest BCUT2D eigenvalue weighted by molar-refractivity contribution is 14.1. The Bertz CT molecular complexity index is 453. The zero-order chi connectivity index (χ0) is 11.7. The van der Waals surface area contributed by atoms with E-state index in [-0.39, 0.29) is 24.1 Å². The van der Waals surface area contributed by atoms with E-state index >= 15 is 0 Å². The van der Waals surface area contributed by atoms with E-state index in [4.69, 9.17) is 15.6 Å². The van der Waals surface area contributed by atoms with Crippen LogP contribution in [0.3, 0.4) is 0 Å². The number of aliphatic hydroxyl groups excluding tert-OH is 1. The van der Waals surface area contributed by atoms with E-state index in [1.165, 1.54) is 16.3 Å². The molecule has 1 aliphatic heterocycles. The molecule has 1 aliphatic rings. The maximum Gasteiger partial charge on any atom is 0.351 e. The quantitative estimate of drug-likeness (QED) is 0.727. The Hall–Kier alpha value is -0.320. The summed E-state index contributed by atoms with van der Waals surface area (Å²) in [4.78, 5) is 15.3. The normalized spacial score (nSPS) is 24.9. The number of rotatable bonds is 2. The van der Waals surface area contributed by atoms with E-state index in [1.54, 1.807) is 6.20 Å². The molecule has 0 saturated carbocycles. The fourth-order valence-electron chi connectivity index (χ4n) is 1.35. The minimum absolute atomic E-state index is 0.0601. The number of hydrogen-bond donors (Lipinski definition) is 2. The molecule has 16 heavy (non-hydrogen) atoms. The predicted octanol–water partition coefficient (Wildman–Crippen LogP) is 0.0105. The molecule has 8 heteroatoms. The number of anilines is 1. The van der Waals surface area contributed by atoms with Crippen LogP contribution < -0.4 is 11.4 Å². The number of nitrogens with two attached hydrogens (primary N) is 1. The second kappa shape index (κ2) is 4.90. The van der Waals surface area contributed by atoms with Crippen molar-refractivity contribution in [1.29, 1.82) is 0 Å². The Labute approximate surface area is 109 Å². The monoisotopic (exact) mass is 355 g/mol. The molecule has 6 nitrogen and oxygen atoms in total. The molecule has 0 unspecified atom stereocenters. The second-order valence-corrected chi connectivity index (χ2v) is 5.55. The largest absolute Gasteiger partial charge is 0.393 e. The Kier molecular flexibility index (Phi) is 3.72. The van der Waals surface area contributed by atoms with Gasteiger partial charge >= 0.3 is 5.69 Å². The first-order valence-electron chi connectivity index (χ1n) is 4.54. The molecule has 0 aromatic carbocycles. The first-order chi connectivity index (χ1) is 7.61. The molecule has 88 valence electrons. The SMILES string of the molecule is Nc1nc(=O)n([C@H]2CS[C@@H](CO)O2)cc1I. The Morgan fingerprint density at radius 1 is 1.81 bits per heavy atom. The maximum absolute atomic E-state index is 11.6. The van der Waals surface area contributed by atoms with Crippen molar-refractivity contribution < 1.29 is 9.84 Å². The number of thioether (sulfide) groups is 1. The summed E-state index contributed by atoms with van der Waals surface area (Å²) < 4.78 is 7.57. The predicted molar refractivity (Wildman–Crippen MR) is 69.1 cm³/mol. The summed E-state index contributed by atoms with van der Waals surface area (Å²) in [7, 11) is 0. The van der Waals surface area contributed by atoms with Crippen molar-refractivity contribution in [3.63, 3.8) is 0 Å². The fourth-order valence-corrected chi connectivity index (χ4v) is 2.70. The molecule has 1 fully saturated rings. The first kappa shape index (κ1) is 12.1. The molecule has 0 bridgehead atoms. The van der Waals surface area contributed by atoms with Gasteiger partial charge in [-0.1, -0.05) is 0 Å². The lowest BCUT2D eigenvalue weighted by molar-refractivity contribution is -0.00640. The van der Waals surface area contributed by atoms with E-state index in [2.05, 4.69) is 4.98 Å². The Morgan fingerprint density at radius 2 is 2.56 bits per heavy atom. The van der Waals surface area contributed by atoms with Gasteiger partial charge in [0.05, 0.1) is 10.2 Å². The van der Waals surface area contributed by atoms with Gasteiger partial charge in [0.1, 0.15) is 17.5 Å². The van der Waals surface area contributed by atoms with E-state index in [0.717, 1.165) is 0 Å². The van der Waals surface area contributed by atoms with Crippen LogP contribution in [0.5, 0.6) is 0 Å². The van der Waals surface area contributed by atoms with E-state index in [1.807, 2.05) is 22.6 Å². The van der Waals surface area contributed by atoms with Crippen LogP contribution in [0.25, 0.3) is 0 Å². The average molecular weight is 355 g/mol. The van der Waals surface area contributed by atoms with Crippen LogP contribution in [-0.2, 0) is 4.74 Å². The summed E-state index contributed by atoms with van der Waals surface area (Å²) in [6.07, 6.45) is 1.24. The van der Waals surface area contributed by atoms with E-state index < -0.39 is 5.69 Å². The zero-order valence-electron chi connectivity index (χ0n) is 8.17. The van der Waals surface area contributed by atoms with Crippen LogP contribution in [0, 0.1) is 3.57 Å². The molecule has 1 aromatic heterocycles. The Morgan fingerprint density at radius 3 is 3.19 bits per heavy atom. The summed E-state index contributed by atoms with van der Waals surface area (Å²) in [5.41, 5.74) is 4.82. The first-order valence-corrected chi connectivity index (χ1v) is 6.66. The van der Waals surface area contributed by atoms with Gasteiger partial charge in [-0.2, -0.15) is 4.98 Å². The smallest absolute Gasteiger partial charge is 0.351 e. The van der Waals surface area contributed by atoms with Gasteiger partial charge < -0.3 is 15.6 Å². The third-order valence-electron chi connectivity index (χ3n) is 2.13. The van der Waals surface area contributed by atoms with Gasteiger partial charge in [0.25, 0.3) is 0 Å². The van der Waals surface area contributed by atoms with Crippen LogP contribution >= 0.6 is 34.4 Å². The summed E-state index contributed by atoms with van der Waals surface area (Å²) in [5, 5.41) is 8.93. The Balaban J connectivity index is 2.28. The molecular formula is C8H10IN3O3S. The topological polar surface area (TPSA) is 90.4 Å². The molecule has 2 atom stereocenters. The summed E-state index contributed by atoms with van der Waals surface area (Å²) in [5.74, 6) is 0.846. The number of aromatic nitrogens is 2. The van der Waals surface area contributed by atoms with Crippen molar-refractivity contribution in [2.75, 3.05) is 18.1 Å². The van der Waals surface area contributed by atoms with E-state index in [9.17, 15) is 4.79 Å². The van der Waals surface area contributed by atoms with Gasteiger partial charge in [-0.05, 0) is 22.6 Å². The lowest BCUT2D eigenvalue weighted by Crippen LogP contribution is -2.29. The van der Waals surface area contributed by atoms with Crippen molar-refractivity contribution in [2.45, 2.75) is 11.7 Å². The fraction of sp³-hybridized carbons (Fsp3) is 0.500. The highest BCUT2D eigenvalue weighted by Crippen LogP contribution is 2.30. The second-order valence-electron chi connectivity index (χ2n) is 3.20. The molecule has 0 amide bonds. The number of halogens is 1. The molecule has 1 saturated heterocycles. The number of ether oxygens (including phenoxy) is 1. The maximum atomic E-state index is 11.6. The van der Waals surface area contributed by atoms with Crippen molar-refractivity contribution in [2.24, 2.45) is 0 Å². The van der Waals surface area contributed by atoms with Crippen LogP contribution in [0.15, 0.2) is 11.0 Å². The van der Waals surface area contributed by atoms with Gasteiger partial charge in [-0.15, -0.1) is 11.8 Å². The van der Waals surface area contributed by atoms with Crippen molar-refractivity contribution in [3.8, 4) is 0 Å². The molecular weight excluding hydrogens is 345 g/mol. The third kappa shape index (κ3) is 2.34. The van der Waals surface area contributed by atoms with Crippen molar-refractivity contribution in [3.05, 3.63) is 20.3 Å². The number of aliphatic hydroxyl groups is 1. The van der Waals surface area contributed by atoms with Crippen molar-refractivity contribution >= 4 is 40.2 Å². The zero-order valence-corrected chi connectivity index (χ0v) is 11.1. The van der Waals surface area contributed by atoms with Crippen LogP contribution in [0.1, 0.15) is 6.23 Å². The van der Waals surface area contributed by atoms with E-state index in [0.29, 0.717) is 9.32 Å². The molecule has 1 aromatic rings. The van der Waals surface area contributed by atoms with Gasteiger partial charge in [0, 0.05) is 11.9 Å². The van der Waals surface area contributed by atoms with Gasteiger partial charge in [0.2, 0.25) is 0 Å². The highest BCUT2D eigenvalue weighted by atomic mass is 127. The molecule has 2 heterocycles. The molecule has 2 rings (SSSR count). The molecule has 0 radical (unpaired) electrons. The lowest BCUT2D eigenvalue weighted by Gasteiger charge is -2.14. The minimum atomic E-state index is -0.429. The van der Waals surface area contributed by atoms with Crippen molar-refractivity contribution in [1.82, 2.24) is 9.55 Å².